The van der Waals surface area contributed by atoms with Crippen LogP contribution in [0.1, 0.15) is 26.5 Å². The van der Waals surface area contributed by atoms with Crippen LogP contribution in [0, 0.1) is 0 Å². The van der Waals surface area contributed by atoms with E-state index in [9.17, 15) is 9.59 Å². The molecule has 3 rings (SSSR count). The normalized spacial score (nSPS) is 10.6. The molecule has 4 heteroatoms. The molecule has 1 N–H and O–H groups in total. The van der Waals surface area contributed by atoms with Crippen LogP contribution >= 0.6 is 0 Å². The maximum absolute atomic E-state index is 12.3. The molecule has 1 heterocycles. The zero-order chi connectivity index (χ0) is 14.1. The number of aromatic carboxylic acids is 1. The van der Waals surface area contributed by atoms with Gasteiger partial charge >= 0.3 is 5.97 Å². The van der Waals surface area contributed by atoms with Crippen molar-refractivity contribution in [2.45, 2.75) is 0 Å². The second-order valence-electron chi connectivity index (χ2n) is 4.36. The Morgan fingerprint density at radius 2 is 1.55 bits per heavy atom. The molecule has 0 aliphatic heterocycles. The van der Waals surface area contributed by atoms with Crippen LogP contribution in [-0.4, -0.2) is 16.9 Å². The van der Waals surface area contributed by atoms with Crippen LogP contribution in [0.2, 0.25) is 0 Å². The summed E-state index contributed by atoms with van der Waals surface area (Å²) >= 11 is 0. The van der Waals surface area contributed by atoms with Crippen molar-refractivity contribution in [2.24, 2.45) is 0 Å². The lowest BCUT2D eigenvalue weighted by Gasteiger charge is -1.98. The first-order chi connectivity index (χ1) is 9.65. The third-order valence-corrected chi connectivity index (χ3v) is 3.04. The second-order valence-corrected chi connectivity index (χ2v) is 4.36. The molecule has 4 nitrogen and oxygen atoms in total. The van der Waals surface area contributed by atoms with Crippen molar-refractivity contribution >= 4 is 22.7 Å². The summed E-state index contributed by atoms with van der Waals surface area (Å²) in [6.07, 6.45) is 0. The molecule has 0 saturated carbocycles. The SMILES string of the molecule is O=C(O)c1ccc(C(=O)c2cc3ccccc3o2)cc1. The van der Waals surface area contributed by atoms with Crippen molar-refractivity contribution in [3.05, 3.63) is 71.5 Å². The lowest BCUT2D eigenvalue weighted by Crippen LogP contribution is -2.01. The highest BCUT2D eigenvalue weighted by Crippen LogP contribution is 2.21. The van der Waals surface area contributed by atoms with Crippen LogP contribution in [0.3, 0.4) is 0 Å². The van der Waals surface area contributed by atoms with Gasteiger partial charge in [-0.15, -0.1) is 0 Å². The van der Waals surface area contributed by atoms with Gasteiger partial charge in [-0.1, -0.05) is 30.3 Å². The fraction of sp³-hybridized carbons (Fsp3) is 0. The van der Waals surface area contributed by atoms with Gasteiger partial charge in [0, 0.05) is 10.9 Å². The summed E-state index contributed by atoms with van der Waals surface area (Å²) in [5.74, 6) is -1.04. The number of hydrogen-bond acceptors (Lipinski definition) is 3. The highest BCUT2D eigenvalue weighted by Gasteiger charge is 2.15. The van der Waals surface area contributed by atoms with Gasteiger partial charge in [-0.05, 0) is 24.3 Å². The number of hydrogen-bond donors (Lipinski definition) is 1. The van der Waals surface area contributed by atoms with Crippen LogP contribution in [0.25, 0.3) is 11.0 Å². The van der Waals surface area contributed by atoms with Crippen molar-refractivity contribution in [3.8, 4) is 0 Å². The van der Waals surface area contributed by atoms with E-state index in [4.69, 9.17) is 9.52 Å². The van der Waals surface area contributed by atoms with Gasteiger partial charge in [-0.25, -0.2) is 4.79 Å². The standard InChI is InChI=1S/C16H10O4/c17-15(10-5-7-11(8-6-10)16(18)19)14-9-12-3-1-2-4-13(12)20-14/h1-9H,(H,18,19). The number of rotatable bonds is 3. The number of carbonyl (C=O) groups is 2. The molecule has 0 atom stereocenters. The monoisotopic (exact) mass is 266 g/mol. The molecule has 0 aliphatic rings. The summed E-state index contributed by atoms with van der Waals surface area (Å²) in [5, 5.41) is 9.68. The molecule has 2 aromatic carbocycles. The lowest BCUT2D eigenvalue weighted by molar-refractivity contribution is 0.0696. The number of furan rings is 1. The lowest BCUT2D eigenvalue weighted by atomic mass is 10.1. The summed E-state index contributed by atoms with van der Waals surface area (Å²) in [6, 6.07) is 14.8. The molecule has 98 valence electrons. The van der Waals surface area contributed by atoms with Crippen molar-refractivity contribution in [1.29, 1.82) is 0 Å². The van der Waals surface area contributed by atoms with Gasteiger partial charge in [-0.2, -0.15) is 0 Å². The summed E-state index contributed by atoms with van der Waals surface area (Å²) < 4.78 is 5.50. The molecule has 0 aliphatic carbocycles. The minimum absolute atomic E-state index is 0.145. The third-order valence-electron chi connectivity index (χ3n) is 3.04. The summed E-state index contributed by atoms with van der Waals surface area (Å²) in [7, 11) is 0. The maximum Gasteiger partial charge on any atom is 0.335 e. The van der Waals surface area contributed by atoms with Gasteiger partial charge < -0.3 is 9.52 Å². The van der Waals surface area contributed by atoms with Crippen LogP contribution in [0.4, 0.5) is 0 Å². The Morgan fingerprint density at radius 1 is 0.900 bits per heavy atom. The number of carboxylic acids is 1. The average Bonchev–Trinajstić information content (AvgIpc) is 2.90. The zero-order valence-corrected chi connectivity index (χ0v) is 10.4. The van der Waals surface area contributed by atoms with Crippen LogP contribution in [0.15, 0.2) is 59.0 Å². The minimum atomic E-state index is -1.02. The van der Waals surface area contributed by atoms with Gasteiger partial charge in [0.2, 0.25) is 5.78 Å². The fourth-order valence-corrected chi connectivity index (χ4v) is 2.00. The zero-order valence-electron chi connectivity index (χ0n) is 10.4. The predicted octanol–water partition coefficient (Wildman–Crippen LogP) is 3.36. The van der Waals surface area contributed by atoms with Crippen LogP contribution in [-0.2, 0) is 0 Å². The van der Waals surface area contributed by atoms with Gasteiger partial charge in [0.1, 0.15) is 5.58 Å². The molecule has 0 fully saturated rings. The number of ketones is 1. The number of carboxylic acid groups (broad SMARTS) is 1. The van der Waals surface area contributed by atoms with E-state index in [0.717, 1.165) is 5.39 Å². The molecule has 0 bridgehead atoms. The van der Waals surface area contributed by atoms with Crippen molar-refractivity contribution in [1.82, 2.24) is 0 Å². The Morgan fingerprint density at radius 3 is 2.20 bits per heavy atom. The molecular weight excluding hydrogens is 256 g/mol. The summed E-state index contributed by atoms with van der Waals surface area (Å²) in [4.78, 5) is 23.0. The third kappa shape index (κ3) is 2.07. The Kier molecular flexibility index (Phi) is 2.84. The van der Waals surface area contributed by atoms with E-state index in [1.165, 1.54) is 24.3 Å². The van der Waals surface area contributed by atoms with E-state index in [1.807, 2.05) is 18.2 Å². The molecule has 0 amide bonds. The van der Waals surface area contributed by atoms with Crippen LogP contribution in [0.5, 0.6) is 0 Å². The van der Waals surface area contributed by atoms with Crippen LogP contribution < -0.4 is 0 Å². The van der Waals surface area contributed by atoms with Crippen molar-refractivity contribution < 1.29 is 19.1 Å². The summed E-state index contributed by atoms with van der Waals surface area (Å²) in [5.41, 5.74) is 1.19. The van der Waals surface area contributed by atoms with Gasteiger partial charge in [0.25, 0.3) is 0 Å². The van der Waals surface area contributed by atoms with Gasteiger partial charge in [0.15, 0.2) is 5.76 Å². The van der Waals surface area contributed by atoms with Gasteiger partial charge in [-0.3, -0.25) is 4.79 Å². The first-order valence-corrected chi connectivity index (χ1v) is 6.02. The van der Waals surface area contributed by atoms with E-state index in [1.54, 1.807) is 12.1 Å². The van der Waals surface area contributed by atoms with Crippen molar-refractivity contribution in [3.63, 3.8) is 0 Å². The molecule has 1 aromatic heterocycles. The molecule has 0 unspecified atom stereocenters. The van der Waals surface area contributed by atoms with E-state index in [-0.39, 0.29) is 17.1 Å². The highest BCUT2D eigenvalue weighted by atomic mass is 16.4. The molecular formula is C16H10O4. The quantitative estimate of drug-likeness (QED) is 0.738. The van der Waals surface area contributed by atoms with Gasteiger partial charge in [0.05, 0.1) is 5.56 Å². The first-order valence-electron chi connectivity index (χ1n) is 6.02. The minimum Gasteiger partial charge on any atom is -0.478 e. The smallest absolute Gasteiger partial charge is 0.335 e. The largest absolute Gasteiger partial charge is 0.478 e. The number of fused-ring (bicyclic) bond motifs is 1. The molecule has 3 aromatic rings. The maximum atomic E-state index is 12.3. The molecule has 20 heavy (non-hydrogen) atoms. The molecule has 0 saturated heterocycles. The predicted molar refractivity (Wildman–Crippen MR) is 73.0 cm³/mol. The topological polar surface area (TPSA) is 67.5 Å². The Balaban J connectivity index is 1.97. The van der Waals surface area contributed by atoms with E-state index < -0.39 is 5.97 Å². The number of para-hydroxylation sites is 1. The fourth-order valence-electron chi connectivity index (χ4n) is 2.00. The van der Waals surface area contributed by atoms with E-state index in [2.05, 4.69) is 0 Å². The number of carbonyl (C=O) groups excluding carboxylic acids is 1. The Labute approximate surface area is 114 Å². The average molecular weight is 266 g/mol. The highest BCUT2D eigenvalue weighted by molar-refractivity contribution is 6.09. The Hall–Kier alpha value is -2.88. The van der Waals surface area contributed by atoms with E-state index >= 15 is 0 Å². The second kappa shape index (κ2) is 4.66. The first kappa shape index (κ1) is 12.2. The number of benzene rings is 2. The molecule has 0 spiro atoms. The van der Waals surface area contributed by atoms with Crippen molar-refractivity contribution in [2.75, 3.05) is 0 Å². The molecule has 0 radical (unpaired) electrons. The summed E-state index contributed by atoms with van der Waals surface area (Å²) in [6.45, 7) is 0. The van der Waals surface area contributed by atoms with E-state index in [0.29, 0.717) is 11.1 Å². The Bertz CT molecular complexity index is 764.